The van der Waals surface area contributed by atoms with Gasteiger partial charge in [-0.1, -0.05) is 29.0 Å². The zero-order valence-electron chi connectivity index (χ0n) is 17.6. The lowest BCUT2D eigenvalue weighted by Crippen LogP contribution is -2.39. The Morgan fingerprint density at radius 1 is 1.21 bits per heavy atom. The number of furan rings is 1. The summed E-state index contributed by atoms with van der Waals surface area (Å²) in [6, 6.07) is 14.2. The van der Waals surface area contributed by atoms with Gasteiger partial charge in [0.15, 0.2) is 4.80 Å². The molecule has 4 heterocycles. The van der Waals surface area contributed by atoms with Crippen LogP contribution in [0.2, 0.25) is 5.02 Å². The quantitative estimate of drug-likeness (QED) is 0.393. The van der Waals surface area contributed by atoms with Crippen LogP contribution in [0.15, 0.2) is 79.4 Å². The topological polar surface area (TPSA) is 73.8 Å². The number of methoxy groups -OCH3 is 1. The molecule has 166 valence electrons. The second kappa shape index (κ2) is 8.62. The van der Waals surface area contributed by atoms with E-state index in [0.717, 1.165) is 10.4 Å². The van der Waals surface area contributed by atoms with Gasteiger partial charge in [0.2, 0.25) is 0 Å². The summed E-state index contributed by atoms with van der Waals surface area (Å²) in [6.07, 6.45) is 1.70. The summed E-state index contributed by atoms with van der Waals surface area (Å²) < 4.78 is 13.0. The third kappa shape index (κ3) is 3.90. The van der Waals surface area contributed by atoms with E-state index in [-0.39, 0.29) is 5.56 Å². The summed E-state index contributed by atoms with van der Waals surface area (Å²) in [7, 11) is 1.33. The minimum Gasteiger partial charge on any atom is -0.466 e. The number of allylic oxidation sites excluding steroid dienone is 1. The summed E-state index contributed by atoms with van der Waals surface area (Å²) in [5, 5.41) is 2.56. The number of thiazole rings is 1. The highest BCUT2D eigenvalue weighted by molar-refractivity contribution is 7.10. The minimum absolute atomic E-state index is 0.240. The molecule has 3 aromatic heterocycles. The van der Waals surface area contributed by atoms with Gasteiger partial charge in [-0.2, -0.15) is 0 Å². The van der Waals surface area contributed by atoms with Gasteiger partial charge in [0, 0.05) is 21.5 Å². The van der Waals surface area contributed by atoms with Crippen LogP contribution in [0.5, 0.6) is 0 Å². The summed E-state index contributed by atoms with van der Waals surface area (Å²) >= 11 is 8.70. The molecule has 0 amide bonds. The highest BCUT2D eigenvalue weighted by Crippen LogP contribution is 2.33. The molecule has 1 aliphatic heterocycles. The van der Waals surface area contributed by atoms with E-state index >= 15 is 0 Å². The lowest BCUT2D eigenvalue weighted by molar-refractivity contribution is -0.136. The first-order chi connectivity index (χ1) is 16.0. The summed E-state index contributed by atoms with van der Waals surface area (Å²) in [5.41, 5.74) is 1.55. The smallest absolute Gasteiger partial charge is 0.338 e. The van der Waals surface area contributed by atoms with Gasteiger partial charge in [-0.05, 0) is 54.8 Å². The number of halogens is 1. The average molecular weight is 497 g/mol. The molecule has 0 radical (unpaired) electrons. The fraction of sp³-hybridized carbons (Fsp3) is 0.125. The van der Waals surface area contributed by atoms with Crippen molar-refractivity contribution in [2.24, 2.45) is 4.99 Å². The van der Waals surface area contributed by atoms with E-state index < -0.39 is 12.0 Å². The van der Waals surface area contributed by atoms with Gasteiger partial charge in [-0.15, -0.1) is 11.3 Å². The first kappa shape index (κ1) is 21.6. The van der Waals surface area contributed by atoms with Gasteiger partial charge in [0.1, 0.15) is 17.6 Å². The number of fused-ring (bicyclic) bond motifs is 1. The molecule has 9 heteroatoms. The Morgan fingerprint density at radius 3 is 2.70 bits per heavy atom. The Morgan fingerprint density at radius 2 is 2.00 bits per heavy atom. The number of benzene rings is 1. The molecule has 6 nitrogen and oxygen atoms in total. The second-order valence-electron chi connectivity index (χ2n) is 7.30. The fourth-order valence-electron chi connectivity index (χ4n) is 3.74. The Hall–Kier alpha value is -3.20. The Balaban J connectivity index is 1.62. The van der Waals surface area contributed by atoms with E-state index in [4.69, 9.17) is 20.8 Å². The monoisotopic (exact) mass is 496 g/mol. The number of hydrogen-bond donors (Lipinski definition) is 0. The number of hydrogen-bond acceptors (Lipinski definition) is 7. The molecule has 0 saturated heterocycles. The lowest BCUT2D eigenvalue weighted by atomic mass is 10.0. The molecular formula is C24H17ClN2O4S2. The van der Waals surface area contributed by atoms with E-state index in [2.05, 4.69) is 4.99 Å². The molecule has 1 aromatic carbocycles. The molecule has 0 N–H and O–H groups in total. The minimum atomic E-state index is -0.586. The average Bonchev–Trinajstić information content (AvgIpc) is 3.55. The number of thiophene rings is 1. The van der Waals surface area contributed by atoms with E-state index in [1.165, 1.54) is 29.8 Å². The maximum Gasteiger partial charge on any atom is 0.338 e. The molecule has 0 fully saturated rings. The molecule has 4 aromatic rings. The summed E-state index contributed by atoms with van der Waals surface area (Å²) in [6.45, 7) is 1.76. The van der Waals surface area contributed by atoms with Crippen molar-refractivity contribution >= 4 is 46.3 Å². The number of ether oxygens (including phenoxy) is 1. The highest BCUT2D eigenvalue weighted by Gasteiger charge is 2.33. The van der Waals surface area contributed by atoms with E-state index in [1.807, 2.05) is 41.8 Å². The van der Waals surface area contributed by atoms with Crippen LogP contribution in [0.1, 0.15) is 23.6 Å². The van der Waals surface area contributed by atoms with Gasteiger partial charge in [-0.3, -0.25) is 9.36 Å². The van der Waals surface area contributed by atoms with Crippen molar-refractivity contribution in [3.05, 3.63) is 101 Å². The molecule has 0 saturated carbocycles. The number of esters is 1. The predicted molar refractivity (Wildman–Crippen MR) is 129 cm³/mol. The third-order valence-corrected chi connectivity index (χ3v) is 7.43. The van der Waals surface area contributed by atoms with Crippen LogP contribution in [0.3, 0.4) is 0 Å². The van der Waals surface area contributed by atoms with Crippen LogP contribution in [0, 0.1) is 0 Å². The molecule has 0 spiro atoms. The first-order valence-electron chi connectivity index (χ1n) is 9.96. The molecule has 1 aliphatic rings. The maximum absolute atomic E-state index is 13.5. The van der Waals surface area contributed by atoms with E-state index in [9.17, 15) is 9.59 Å². The van der Waals surface area contributed by atoms with Gasteiger partial charge >= 0.3 is 5.97 Å². The van der Waals surface area contributed by atoms with Crippen molar-refractivity contribution in [2.75, 3.05) is 7.11 Å². The first-order valence-corrected chi connectivity index (χ1v) is 12.0. The second-order valence-corrected chi connectivity index (χ2v) is 9.72. The van der Waals surface area contributed by atoms with Crippen LogP contribution in [0.25, 0.3) is 17.4 Å². The van der Waals surface area contributed by atoms with Crippen LogP contribution in [-0.4, -0.2) is 17.6 Å². The molecule has 0 aliphatic carbocycles. The number of aromatic nitrogens is 1. The summed E-state index contributed by atoms with van der Waals surface area (Å²) in [5.74, 6) is 0.718. The maximum atomic E-state index is 13.5. The molecular weight excluding hydrogens is 480 g/mol. The molecule has 0 bridgehead atoms. The van der Waals surface area contributed by atoms with Gasteiger partial charge in [0.25, 0.3) is 5.56 Å². The largest absolute Gasteiger partial charge is 0.466 e. The highest BCUT2D eigenvalue weighted by atomic mass is 35.5. The normalized spacial score (nSPS) is 16.0. The van der Waals surface area contributed by atoms with Crippen molar-refractivity contribution in [3.8, 4) is 11.3 Å². The Labute approximate surface area is 201 Å². The zero-order valence-corrected chi connectivity index (χ0v) is 20.0. The Kier molecular flexibility index (Phi) is 5.65. The zero-order chi connectivity index (χ0) is 23.1. The van der Waals surface area contributed by atoms with Crippen LogP contribution in [-0.2, 0) is 9.53 Å². The van der Waals surface area contributed by atoms with Crippen molar-refractivity contribution in [3.63, 3.8) is 0 Å². The van der Waals surface area contributed by atoms with E-state index in [0.29, 0.717) is 37.1 Å². The van der Waals surface area contributed by atoms with Crippen LogP contribution in [0.4, 0.5) is 0 Å². The molecule has 5 rings (SSSR count). The Bertz CT molecular complexity index is 1560. The third-order valence-electron chi connectivity index (χ3n) is 5.27. The predicted octanol–water partition coefficient (Wildman–Crippen LogP) is 4.38. The number of carbonyl (C=O) groups is 1. The van der Waals surface area contributed by atoms with E-state index in [1.54, 1.807) is 29.7 Å². The molecule has 1 atom stereocenters. The summed E-state index contributed by atoms with van der Waals surface area (Å²) in [4.78, 5) is 32.0. The van der Waals surface area contributed by atoms with Gasteiger partial charge in [0.05, 0.1) is 22.9 Å². The van der Waals surface area contributed by atoms with Gasteiger partial charge in [-0.25, -0.2) is 9.79 Å². The van der Waals surface area contributed by atoms with Crippen molar-refractivity contribution in [1.29, 1.82) is 0 Å². The number of rotatable bonds is 4. The number of nitrogens with zero attached hydrogens (tertiary/aromatic N) is 2. The van der Waals surface area contributed by atoms with Crippen molar-refractivity contribution in [1.82, 2.24) is 4.57 Å². The molecule has 1 unspecified atom stereocenters. The van der Waals surface area contributed by atoms with Crippen molar-refractivity contribution < 1.29 is 13.9 Å². The standard InChI is InChI=1S/C24H17ClN2O4S2/c1-13-20(23(29)30-2)21(18-4-3-11-32-18)27-22(28)19(33-24(27)26-13)12-16-9-10-17(31-16)14-5-7-15(25)8-6-14/h3-12,21H,1-2H3. The van der Waals surface area contributed by atoms with Crippen molar-refractivity contribution in [2.45, 2.75) is 13.0 Å². The number of carbonyl (C=O) groups excluding carboxylic acids is 1. The fourth-order valence-corrected chi connectivity index (χ4v) is 5.71. The van der Waals surface area contributed by atoms with Crippen LogP contribution >= 0.6 is 34.3 Å². The van der Waals surface area contributed by atoms with Gasteiger partial charge < -0.3 is 9.15 Å². The van der Waals surface area contributed by atoms with Crippen LogP contribution < -0.4 is 14.9 Å². The molecule has 33 heavy (non-hydrogen) atoms. The SMILES string of the molecule is COC(=O)C1=C(C)N=c2sc(=Cc3ccc(-c4ccc(Cl)cc4)o3)c(=O)n2C1c1cccs1. The lowest BCUT2D eigenvalue weighted by Gasteiger charge is -2.22.